The quantitative estimate of drug-likeness (QED) is 0.847. The third-order valence-electron chi connectivity index (χ3n) is 2.93. The molecule has 0 unspecified atom stereocenters. The van der Waals surface area contributed by atoms with Gasteiger partial charge < -0.3 is 5.32 Å². The Hall–Kier alpha value is -0.740. The lowest BCUT2D eigenvalue weighted by Gasteiger charge is -2.21. The molecule has 0 saturated carbocycles. The van der Waals surface area contributed by atoms with Gasteiger partial charge in [0.1, 0.15) is 5.82 Å². The molecule has 1 fully saturated rings. The number of carbonyl (C=O) groups is 1. The highest BCUT2D eigenvalue weighted by Gasteiger charge is 2.24. The van der Waals surface area contributed by atoms with Gasteiger partial charge >= 0.3 is 0 Å². The molecule has 2 nitrogen and oxygen atoms in total. The van der Waals surface area contributed by atoms with Gasteiger partial charge in [0.2, 0.25) is 0 Å². The fourth-order valence-corrected chi connectivity index (χ4v) is 2.36. The zero-order valence-electron chi connectivity index (χ0n) is 8.80. The normalized spacial score (nSPS) is 17.4. The topological polar surface area (TPSA) is 29.1 Å². The number of hydrogen-bond acceptors (Lipinski definition) is 2. The minimum absolute atomic E-state index is 0.0370. The maximum atomic E-state index is 13.7. The number of benzene rings is 1. The molecule has 4 heteroatoms. The zero-order valence-corrected chi connectivity index (χ0v) is 10.4. The SMILES string of the molecule is O=C(c1cccc(Br)c1F)C1CCNCC1. The summed E-state index contributed by atoms with van der Waals surface area (Å²) in [4.78, 5) is 12.1. The molecule has 1 aliphatic rings. The van der Waals surface area contributed by atoms with Crippen LogP contribution in [-0.2, 0) is 0 Å². The lowest BCUT2D eigenvalue weighted by atomic mass is 9.89. The Morgan fingerprint density at radius 3 is 2.75 bits per heavy atom. The van der Waals surface area contributed by atoms with Crippen molar-refractivity contribution in [3.8, 4) is 0 Å². The number of halogens is 2. The maximum absolute atomic E-state index is 13.7. The molecule has 2 rings (SSSR count). The van der Waals surface area contributed by atoms with Crippen LogP contribution in [0.1, 0.15) is 23.2 Å². The van der Waals surface area contributed by atoms with Crippen molar-refractivity contribution in [3.05, 3.63) is 34.1 Å². The summed E-state index contributed by atoms with van der Waals surface area (Å²) in [5, 5.41) is 3.19. The van der Waals surface area contributed by atoms with E-state index in [1.807, 2.05) is 0 Å². The van der Waals surface area contributed by atoms with Crippen LogP contribution in [0.2, 0.25) is 0 Å². The van der Waals surface area contributed by atoms with Gasteiger partial charge in [-0.3, -0.25) is 4.79 Å². The van der Waals surface area contributed by atoms with Crippen molar-refractivity contribution >= 4 is 21.7 Å². The van der Waals surface area contributed by atoms with Crippen LogP contribution < -0.4 is 5.32 Å². The molecule has 86 valence electrons. The number of hydrogen-bond donors (Lipinski definition) is 1. The van der Waals surface area contributed by atoms with E-state index in [9.17, 15) is 9.18 Å². The summed E-state index contributed by atoms with van der Waals surface area (Å²) < 4.78 is 14.1. The van der Waals surface area contributed by atoms with E-state index in [1.54, 1.807) is 18.2 Å². The molecule has 0 amide bonds. The number of nitrogens with one attached hydrogen (secondary N) is 1. The van der Waals surface area contributed by atoms with Gasteiger partial charge in [-0.2, -0.15) is 0 Å². The van der Waals surface area contributed by atoms with Gasteiger partial charge in [-0.15, -0.1) is 0 Å². The standard InChI is InChI=1S/C12H13BrFNO/c13-10-3-1-2-9(11(10)14)12(16)8-4-6-15-7-5-8/h1-3,8,15H,4-7H2. The summed E-state index contributed by atoms with van der Waals surface area (Å²) in [6, 6.07) is 4.86. The van der Waals surface area contributed by atoms with E-state index >= 15 is 0 Å². The molecule has 1 N–H and O–H groups in total. The predicted octanol–water partition coefficient (Wildman–Crippen LogP) is 2.77. The third-order valence-corrected chi connectivity index (χ3v) is 3.54. The first kappa shape index (κ1) is 11.7. The van der Waals surface area contributed by atoms with Crippen molar-refractivity contribution in [2.24, 2.45) is 5.92 Å². The minimum atomic E-state index is -0.439. The summed E-state index contributed by atoms with van der Waals surface area (Å²) in [5.41, 5.74) is 0.210. The second-order valence-corrected chi connectivity index (χ2v) is 4.84. The van der Waals surface area contributed by atoms with Gasteiger partial charge in [0, 0.05) is 5.92 Å². The molecule has 16 heavy (non-hydrogen) atoms. The Labute approximate surface area is 102 Å². The monoisotopic (exact) mass is 285 g/mol. The molecule has 0 radical (unpaired) electrons. The fourth-order valence-electron chi connectivity index (χ4n) is 2.00. The van der Waals surface area contributed by atoms with Crippen LogP contribution in [0.15, 0.2) is 22.7 Å². The van der Waals surface area contributed by atoms with Gasteiger partial charge in [-0.05, 0) is 54.0 Å². The highest BCUT2D eigenvalue weighted by Crippen LogP contribution is 2.24. The van der Waals surface area contributed by atoms with E-state index in [0.29, 0.717) is 4.47 Å². The zero-order chi connectivity index (χ0) is 11.5. The van der Waals surface area contributed by atoms with Crippen LogP contribution in [0.5, 0.6) is 0 Å². The van der Waals surface area contributed by atoms with E-state index in [0.717, 1.165) is 25.9 Å². The van der Waals surface area contributed by atoms with Crippen LogP contribution in [-0.4, -0.2) is 18.9 Å². The highest BCUT2D eigenvalue weighted by molar-refractivity contribution is 9.10. The van der Waals surface area contributed by atoms with Crippen molar-refractivity contribution in [3.63, 3.8) is 0 Å². The van der Waals surface area contributed by atoms with Gasteiger partial charge in [-0.1, -0.05) is 6.07 Å². The van der Waals surface area contributed by atoms with E-state index in [-0.39, 0.29) is 17.3 Å². The first-order valence-electron chi connectivity index (χ1n) is 5.39. The molecule has 0 aliphatic carbocycles. The number of Topliss-reactive ketones (excluding diaryl/α,β-unsaturated/α-hetero) is 1. The largest absolute Gasteiger partial charge is 0.317 e. The van der Waals surface area contributed by atoms with E-state index in [2.05, 4.69) is 21.2 Å². The molecule has 1 aromatic carbocycles. The third kappa shape index (κ3) is 2.33. The lowest BCUT2D eigenvalue weighted by Crippen LogP contribution is -2.32. The van der Waals surface area contributed by atoms with Crippen LogP contribution in [0, 0.1) is 11.7 Å². The van der Waals surface area contributed by atoms with Crippen molar-refractivity contribution < 1.29 is 9.18 Å². The van der Waals surface area contributed by atoms with Gasteiger partial charge in [0.15, 0.2) is 5.78 Å². The predicted molar refractivity (Wildman–Crippen MR) is 64.0 cm³/mol. The van der Waals surface area contributed by atoms with Gasteiger partial charge in [0.25, 0.3) is 0 Å². The van der Waals surface area contributed by atoms with Gasteiger partial charge in [-0.25, -0.2) is 4.39 Å². The smallest absolute Gasteiger partial charge is 0.169 e. The average molecular weight is 286 g/mol. The molecule has 1 aromatic rings. The number of piperidine rings is 1. The van der Waals surface area contributed by atoms with E-state index in [4.69, 9.17) is 0 Å². The molecule has 0 atom stereocenters. The molecular formula is C12H13BrFNO. The Bertz CT molecular complexity index is 402. The summed E-state index contributed by atoms with van der Waals surface area (Å²) in [7, 11) is 0. The average Bonchev–Trinajstić information content (AvgIpc) is 2.33. The molecule has 1 saturated heterocycles. The number of ketones is 1. The van der Waals surface area contributed by atoms with E-state index < -0.39 is 5.82 Å². The molecule has 0 bridgehead atoms. The number of rotatable bonds is 2. The van der Waals surface area contributed by atoms with Gasteiger partial charge in [0.05, 0.1) is 10.0 Å². The molecular weight excluding hydrogens is 273 g/mol. The fraction of sp³-hybridized carbons (Fsp3) is 0.417. The lowest BCUT2D eigenvalue weighted by molar-refractivity contribution is 0.0890. The Balaban J connectivity index is 2.22. The Morgan fingerprint density at radius 2 is 2.06 bits per heavy atom. The molecule has 1 heterocycles. The van der Waals surface area contributed by atoms with Crippen LogP contribution in [0.3, 0.4) is 0 Å². The summed E-state index contributed by atoms with van der Waals surface area (Å²) in [6.07, 6.45) is 1.59. The van der Waals surface area contributed by atoms with Crippen molar-refractivity contribution in [2.75, 3.05) is 13.1 Å². The second-order valence-electron chi connectivity index (χ2n) is 3.99. The van der Waals surface area contributed by atoms with Crippen LogP contribution >= 0.6 is 15.9 Å². The van der Waals surface area contributed by atoms with Crippen molar-refractivity contribution in [1.82, 2.24) is 5.32 Å². The Kier molecular flexibility index (Phi) is 3.71. The van der Waals surface area contributed by atoms with Crippen molar-refractivity contribution in [1.29, 1.82) is 0 Å². The van der Waals surface area contributed by atoms with Crippen LogP contribution in [0.4, 0.5) is 4.39 Å². The summed E-state index contributed by atoms with van der Waals surface area (Å²) in [6.45, 7) is 1.68. The number of carbonyl (C=O) groups excluding carboxylic acids is 1. The first-order valence-corrected chi connectivity index (χ1v) is 6.18. The summed E-state index contributed by atoms with van der Waals surface area (Å²) in [5.74, 6) is -0.545. The first-order chi connectivity index (χ1) is 7.70. The van der Waals surface area contributed by atoms with Crippen molar-refractivity contribution in [2.45, 2.75) is 12.8 Å². The molecule has 0 aromatic heterocycles. The second kappa shape index (κ2) is 5.06. The highest BCUT2D eigenvalue weighted by atomic mass is 79.9. The Morgan fingerprint density at radius 1 is 1.38 bits per heavy atom. The molecule has 0 spiro atoms. The minimum Gasteiger partial charge on any atom is -0.317 e. The van der Waals surface area contributed by atoms with E-state index in [1.165, 1.54) is 0 Å². The maximum Gasteiger partial charge on any atom is 0.169 e. The molecule has 1 aliphatic heterocycles. The van der Waals surface area contributed by atoms with Crippen LogP contribution in [0.25, 0.3) is 0 Å². The summed E-state index contributed by atoms with van der Waals surface area (Å²) >= 11 is 3.10.